The Morgan fingerprint density at radius 3 is 2.62 bits per heavy atom. The largest absolute Gasteiger partial charge is 0.369 e. The van der Waals surface area contributed by atoms with E-state index in [1.54, 1.807) is 11.4 Å². The van der Waals surface area contributed by atoms with Gasteiger partial charge in [0.1, 0.15) is 4.21 Å². The fourth-order valence-corrected chi connectivity index (χ4v) is 5.35. The highest BCUT2D eigenvalue weighted by Gasteiger charge is 2.18. The van der Waals surface area contributed by atoms with Crippen molar-refractivity contribution in [3.8, 4) is 0 Å². The molecule has 1 aliphatic rings. The van der Waals surface area contributed by atoms with Crippen LogP contribution < -0.4 is 14.9 Å². The van der Waals surface area contributed by atoms with Crippen LogP contribution in [0.25, 0.3) is 0 Å². The minimum absolute atomic E-state index is 0.210. The molecule has 7 nitrogen and oxygen atoms in total. The zero-order valence-corrected chi connectivity index (χ0v) is 18.4. The number of carbonyl (C=O) groups excluding carboxylic acids is 1. The number of hydrogen-bond donors (Lipinski definition) is 2. The van der Waals surface area contributed by atoms with Gasteiger partial charge in [-0.2, -0.15) is 0 Å². The van der Waals surface area contributed by atoms with Crippen LogP contribution in [-0.4, -0.2) is 65.0 Å². The number of anilines is 1. The zero-order chi connectivity index (χ0) is 20.7. The molecule has 2 heterocycles. The van der Waals surface area contributed by atoms with Crippen molar-refractivity contribution in [1.82, 2.24) is 14.9 Å². The molecule has 0 saturated carbocycles. The molecule has 1 amide bonds. The van der Waals surface area contributed by atoms with Gasteiger partial charge >= 0.3 is 0 Å². The van der Waals surface area contributed by atoms with E-state index in [1.165, 1.54) is 6.07 Å². The summed E-state index contributed by atoms with van der Waals surface area (Å²) < 4.78 is 26.5. The predicted octanol–water partition coefficient (Wildman–Crippen LogP) is 2.01. The summed E-state index contributed by atoms with van der Waals surface area (Å²) >= 11 is 7.19. The summed E-state index contributed by atoms with van der Waals surface area (Å²) in [5, 5.41) is 5.20. The van der Waals surface area contributed by atoms with Crippen LogP contribution in [0.5, 0.6) is 0 Å². The Kier molecular flexibility index (Phi) is 7.91. The number of piperazine rings is 1. The maximum atomic E-state index is 12.0. The summed E-state index contributed by atoms with van der Waals surface area (Å²) in [6, 6.07) is 11.1. The molecule has 2 aromatic rings. The lowest BCUT2D eigenvalue weighted by Crippen LogP contribution is -2.47. The topological polar surface area (TPSA) is 81.7 Å². The van der Waals surface area contributed by atoms with Crippen molar-refractivity contribution < 1.29 is 13.2 Å². The number of thiophene rings is 1. The second-order valence-electron chi connectivity index (χ2n) is 6.77. The van der Waals surface area contributed by atoms with Gasteiger partial charge in [-0.3, -0.25) is 9.69 Å². The molecule has 0 unspecified atom stereocenters. The quantitative estimate of drug-likeness (QED) is 0.564. The number of carbonyl (C=O) groups is 1. The number of nitrogens with one attached hydrogen (secondary N) is 2. The highest BCUT2D eigenvalue weighted by Crippen LogP contribution is 2.20. The molecule has 0 atom stereocenters. The highest BCUT2D eigenvalue weighted by molar-refractivity contribution is 7.91. The molecule has 1 aliphatic heterocycles. The second kappa shape index (κ2) is 10.4. The highest BCUT2D eigenvalue weighted by atomic mass is 35.5. The first kappa shape index (κ1) is 22.0. The first-order valence-electron chi connectivity index (χ1n) is 9.47. The fraction of sp³-hybridized carbons (Fsp3) is 0.421. The molecule has 0 bridgehead atoms. The maximum absolute atomic E-state index is 12.0. The van der Waals surface area contributed by atoms with E-state index in [2.05, 4.69) is 25.9 Å². The Hall–Kier alpha value is -1.65. The summed E-state index contributed by atoms with van der Waals surface area (Å²) in [6.45, 7) is 4.97. The minimum Gasteiger partial charge on any atom is -0.369 e. The summed E-state index contributed by atoms with van der Waals surface area (Å²) in [6.07, 6.45) is 0.820. The Bertz CT molecular complexity index is 898. The summed E-state index contributed by atoms with van der Waals surface area (Å²) in [5.41, 5.74) is 1.15. The Balaban J connectivity index is 1.29. The fourth-order valence-electron chi connectivity index (χ4n) is 3.14. The average Bonchev–Trinajstić information content (AvgIpc) is 3.26. The zero-order valence-electron chi connectivity index (χ0n) is 16.0. The number of sulfonamides is 1. The van der Waals surface area contributed by atoms with Gasteiger partial charge in [0.2, 0.25) is 5.91 Å². The van der Waals surface area contributed by atoms with Gasteiger partial charge in [-0.05, 0) is 42.6 Å². The van der Waals surface area contributed by atoms with Gasteiger partial charge < -0.3 is 10.2 Å². The third-order valence-corrected chi connectivity index (χ3v) is 7.74. The summed E-state index contributed by atoms with van der Waals surface area (Å²) in [7, 11) is -3.60. The van der Waals surface area contributed by atoms with E-state index >= 15 is 0 Å². The third kappa shape index (κ3) is 6.68. The van der Waals surface area contributed by atoms with Crippen molar-refractivity contribution in [1.29, 1.82) is 0 Å². The minimum atomic E-state index is -3.60. The number of rotatable bonds is 9. The molecular formula is C19H25ClN4O3S2. The molecule has 0 spiro atoms. The van der Waals surface area contributed by atoms with Gasteiger partial charge in [0.15, 0.2) is 0 Å². The Morgan fingerprint density at radius 1 is 1.14 bits per heavy atom. The van der Waals surface area contributed by atoms with Crippen LogP contribution in [0.4, 0.5) is 5.69 Å². The van der Waals surface area contributed by atoms with E-state index < -0.39 is 10.0 Å². The molecule has 1 saturated heterocycles. The van der Waals surface area contributed by atoms with Crippen molar-refractivity contribution >= 4 is 44.6 Å². The molecule has 10 heteroatoms. The van der Waals surface area contributed by atoms with Crippen LogP contribution in [0.3, 0.4) is 0 Å². The lowest BCUT2D eigenvalue weighted by molar-refractivity contribution is -0.119. The standard InChI is InChI=1S/C19H25ClN4O3S2/c20-16-4-1-5-17(14-16)24-11-9-23(10-12-24)8-3-7-21-18(25)15-22-29(26,27)19-6-2-13-28-19/h1-2,4-6,13-14,22H,3,7-12,15H2,(H,21,25). The molecule has 158 valence electrons. The van der Waals surface area contributed by atoms with E-state index in [0.29, 0.717) is 6.54 Å². The number of nitrogens with zero attached hydrogens (tertiary/aromatic N) is 2. The van der Waals surface area contributed by atoms with Crippen LogP contribution in [0.2, 0.25) is 5.02 Å². The molecule has 1 fully saturated rings. The molecule has 2 N–H and O–H groups in total. The van der Waals surface area contributed by atoms with Gasteiger partial charge in [-0.1, -0.05) is 23.7 Å². The van der Waals surface area contributed by atoms with Crippen molar-refractivity contribution in [2.75, 3.05) is 50.7 Å². The molecule has 0 radical (unpaired) electrons. The van der Waals surface area contributed by atoms with Crippen molar-refractivity contribution in [2.45, 2.75) is 10.6 Å². The smallest absolute Gasteiger partial charge is 0.250 e. The van der Waals surface area contributed by atoms with Crippen LogP contribution >= 0.6 is 22.9 Å². The van der Waals surface area contributed by atoms with Gasteiger partial charge in [0, 0.05) is 43.4 Å². The number of halogens is 1. The van der Waals surface area contributed by atoms with E-state index in [-0.39, 0.29) is 16.7 Å². The summed E-state index contributed by atoms with van der Waals surface area (Å²) in [4.78, 5) is 16.6. The Labute approximate surface area is 180 Å². The molecule has 1 aromatic carbocycles. The number of hydrogen-bond acceptors (Lipinski definition) is 6. The van der Waals surface area contributed by atoms with E-state index in [4.69, 9.17) is 11.6 Å². The van der Waals surface area contributed by atoms with Gasteiger partial charge in [0.25, 0.3) is 10.0 Å². The molecule has 29 heavy (non-hydrogen) atoms. The van der Waals surface area contributed by atoms with Crippen molar-refractivity contribution in [3.63, 3.8) is 0 Å². The van der Waals surface area contributed by atoms with Crippen molar-refractivity contribution in [3.05, 3.63) is 46.8 Å². The van der Waals surface area contributed by atoms with Crippen LogP contribution in [0.1, 0.15) is 6.42 Å². The summed E-state index contributed by atoms with van der Waals surface area (Å²) in [5.74, 6) is -0.323. The SMILES string of the molecule is O=C(CNS(=O)(=O)c1cccs1)NCCCN1CCN(c2cccc(Cl)c2)CC1. The third-order valence-electron chi connectivity index (χ3n) is 4.70. The molecular weight excluding hydrogens is 432 g/mol. The normalized spacial score (nSPS) is 15.4. The molecule has 1 aromatic heterocycles. The second-order valence-corrected chi connectivity index (χ2v) is 10.1. The van der Waals surface area contributed by atoms with Crippen LogP contribution in [-0.2, 0) is 14.8 Å². The number of benzene rings is 1. The maximum Gasteiger partial charge on any atom is 0.250 e. The molecule has 0 aliphatic carbocycles. The lowest BCUT2D eigenvalue weighted by Gasteiger charge is -2.36. The Morgan fingerprint density at radius 2 is 1.93 bits per heavy atom. The predicted molar refractivity (Wildman–Crippen MR) is 117 cm³/mol. The van der Waals surface area contributed by atoms with E-state index in [1.807, 2.05) is 18.2 Å². The first-order chi connectivity index (χ1) is 13.9. The van der Waals surface area contributed by atoms with E-state index in [0.717, 1.165) is 61.2 Å². The van der Waals surface area contributed by atoms with Gasteiger partial charge in [-0.15, -0.1) is 11.3 Å². The number of amides is 1. The van der Waals surface area contributed by atoms with Crippen molar-refractivity contribution in [2.24, 2.45) is 0 Å². The van der Waals surface area contributed by atoms with Gasteiger partial charge in [0.05, 0.1) is 6.54 Å². The van der Waals surface area contributed by atoms with E-state index in [9.17, 15) is 13.2 Å². The van der Waals surface area contributed by atoms with Crippen LogP contribution in [0, 0.1) is 0 Å². The average molecular weight is 457 g/mol. The molecule has 3 rings (SSSR count). The lowest BCUT2D eigenvalue weighted by atomic mass is 10.2. The van der Waals surface area contributed by atoms with Gasteiger partial charge in [-0.25, -0.2) is 13.1 Å². The monoisotopic (exact) mass is 456 g/mol. The first-order valence-corrected chi connectivity index (χ1v) is 12.2. The van der Waals surface area contributed by atoms with Crippen LogP contribution in [0.15, 0.2) is 46.0 Å².